The zero-order chi connectivity index (χ0) is 18.8. The highest BCUT2D eigenvalue weighted by Gasteiger charge is 2.32. The lowest BCUT2D eigenvalue weighted by molar-refractivity contribution is 0.0915. The zero-order valence-electron chi connectivity index (χ0n) is 15.4. The third-order valence-corrected chi connectivity index (χ3v) is 7.00. The fourth-order valence-corrected chi connectivity index (χ4v) is 5.55. The number of ether oxygens (including phenoxy) is 2. The highest BCUT2D eigenvalue weighted by atomic mass is 32.1. The molecule has 0 bridgehead atoms. The van der Waals surface area contributed by atoms with Crippen molar-refractivity contribution in [3.63, 3.8) is 0 Å². The largest absolute Gasteiger partial charge is 0.497 e. The van der Waals surface area contributed by atoms with Gasteiger partial charge in [0.05, 0.1) is 26.4 Å². The van der Waals surface area contributed by atoms with Gasteiger partial charge in [0.1, 0.15) is 11.5 Å². The van der Waals surface area contributed by atoms with Gasteiger partial charge in [-0.15, -0.1) is 22.7 Å². The number of aliphatic hydroxyl groups excluding tert-OH is 1. The Balaban J connectivity index is 1.63. The Bertz CT molecular complexity index is 891. The van der Waals surface area contributed by atoms with E-state index in [-0.39, 0.29) is 6.04 Å². The summed E-state index contributed by atoms with van der Waals surface area (Å²) in [6.07, 6.45) is 0.370. The van der Waals surface area contributed by atoms with Crippen molar-refractivity contribution in [3.8, 4) is 11.5 Å². The van der Waals surface area contributed by atoms with E-state index >= 15 is 0 Å². The molecule has 2 unspecified atom stereocenters. The van der Waals surface area contributed by atoms with Gasteiger partial charge < -0.3 is 14.6 Å². The van der Waals surface area contributed by atoms with Gasteiger partial charge in [-0.1, -0.05) is 6.07 Å². The van der Waals surface area contributed by atoms with Gasteiger partial charge >= 0.3 is 0 Å². The Labute approximate surface area is 167 Å². The molecule has 0 spiro atoms. The van der Waals surface area contributed by atoms with Crippen LogP contribution in [0.1, 0.15) is 33.0 Å². The molecule has 3 heterocycles. The van der Waals surface area contributed by atoms with E-state index in [0.29, 0.717) is 12.3 Å². The molecule has 2 atom stereocenters. The Hall–Kier alpha value is -1.86. The van der Waals surface area contributed by atoms with Crippen LogP contribution in [0.5, 0.6) is 11.5 Å². The van der Waals surface area contributed by atoms with Gasteiger partial charge in [0.15, 0.2) is 0 Å². The molecule has 142 valence electrons. The molecule has 6 heteroatoms. The summed E-state index contributed by atoms with van der Waals surface area (Å²) in [6.45, 7) is 1.47. The first kappa shape index (κ1) is 18.5. The van der Waals surface area contributed by atoms with Crippen molar-refractivity contribution in [3.05, 3.63) is 68.0 Å². The van der Waals surface area contributed by atoms with Crippen molar-refractivity contribution in [2.45, 2.75) is 18.6 Å². The molecule has 0 fully saturated rings. The summed E-state index contributed by atoms with van der Waals surface area (Å²) in [7, 11) is 3.26. The van der Waals surface area contributed by atoms with E-state index in [0.717, 1.165) is 24.3 Å². The fourth-order valence-electron chi connectivity index (χ4n) is 3.77. The number of aliphatic hydroxyl groups is 1. The maximum atomic E-state index is 11.0. The maximum absolute atomic E-state index is 11.0. The Morgan fingerprint density at radius 1 is 1.15 bits per heavy atom. The predicted octanol–water partition coefficient (Wildman–Crippen LogP) is 4.51. The van der Waals surface area contributed by atoms with Crippen LogP contribution >= 0.6 is 22.7 Å². The summed E-state index contributed by atoms with van der Waals surface area (Å²) in [5.74, 6) is 1.41. The lowest BCUT2D eigenvalue weighted by Crippen LogP contribution is -2.38. The summed E-state index contributed by atoms with van der Waals surface area (Å²) < 4.78 is 10.8. The molecule has 1 aromatic carbocycles. The van der Waals surface area contributed by atoms with Crippen LogP contribution in [0, 0.1) is 0 Å². The van der Waals surface area contributed by atoms with Crippen LogP contribution in [-0.4, -0.2) is 37.3 Å². The molecule has 4 rings (SSSR count). The number of hydrogen-bond acceptors (Lipinski definition) is 6. The second-order valence-corrected chi connectivity index (χ2v) is 8.57. The lowest BCUT2D eigenvalue weighted by atomic mass is 9.97. The predicted molar refractivity (Wildman–Crippen MR) is 110 cm³/mol. The van der Waals surface area contributed by atoms with Crippen LogP contribution in [0.25, 0.3) is 0 Å². The number of rotatable bonds is 6. The van der Waals surface area contributed by atoms with Crippen LogP contribution in [0.15, 0.2) is 47.2 Å². The van der Waals surface area contributed by atoms with E-state index < -0.39 is 6.10 Å². The molecule has 0 saturated heterocycles. The molecule has 1 N–H and O–H groups in total. The monoisotopic (exact) mass is 401 g/mol. The number of thiophene rings is 2. The van der Waals surface area contributed by atoms with Gasteiger partial charge in [-0.05, 0) is 53.1 Å². The molecule has 0 aliphatic carbocycles. The number of methoxy groups -OCH3 is 2. The Morgan fingerprint density at radius 2 is 2.04 bits per heavy atom. The maximum Gasteiger partial charge on any atom is 0.124 e. The number of hydrogen-bond donors (Lipinski definition) is 1. The summed E-state index contributed by atoms with van der Waals surface area (Å²) in [4.78, 5) is 5.15. The third kappa shape index (κ3) is 3.62. The molecule has 0 amide bonds. The smallest absolute Gasteiger partial charge is 0.124 e. The van der Waals surface area contributed by atoms with Crippen LogP contribution in [-0.2, 0) is 6.42 Å². The molecule has 27 heavy (non-hydrogen) atoms. The number of nitrogens with zero attached hydrogens (tertiary/aromatic N) is 1. The molecule has 1 aliphatic heterocycles. The van der Waals surface area contributed by atoms with Crippen molar-refractivity contribution < 1.29 is 14.6 Å². The summed E-state index contributed by atoms with van der Waals surface area (Å²) >= 11 is 3.61. The Kier molecular flexibility index (Phi) is 5.50. The van der Waals surface area contributed by atoms with E-state index in [1.54, 1.807) is 25.6 Å². The van der Waals surface area contributed by atoms with Gasteiger partial charge in [0, 0.05) is 28.4 Å². The second kappa shape index (κ2) is 8.02. The van der Waals surface area contributed by atoms with E-state index in [2.05, 4.69) is 33.9 Å². The minimum atomic E-state index is -0.655. The summed E-state index contributed by atoms with van der Waals surface area (Å²) in [5.41, 5.74) is 2.14. The van der Waals surface area contributed by atoms with Crippen LogP contribution in [0.4, 0.5) is 0 Å². The Morgan fingerprint density at radius 3 is 2.78 bits per heavy atom. The average Bonchev–Trinajstić information content (AvgIpc) is 3.39. The normalized spacial score (nSPS) is 18.1. The first-order chi connectivity index (χ1) is 13.2. The highest BCUT2D eigenvalue weighted by Crippen LogP contribution is 2.41. The van der Waals surface area contributed by atoms with Gasteiger partial charge in [-0.3, -0.25) is 4.90 Å². The molecule has 0 saturated carbocycles. The molecule has 2 aromatic heterocycles. The van der Waals surface area contributed by atoms with Gasteiger partial charge in [0.25, 0.3) is 0 Å². The van der Waals surface area contributed by atoms with E-state index in [9.17, 15) is 5.11 Å². The third-order valence-electron chi connectivity index (χ3n) is 5.08. The molecule has 3 aromatic rings. The second-order valence-electron chi connectivity index (χ2n) is 6.59. The molecular formula is C21H23NO3S2. The summed E-state index contributed by atoms with van der Waals surface area (Å²) in [6, 6.07) is 12.3. The van der Waals surface area contributed by atoms with E-state index in [1.807, 2.05) is 29.5 Å². The van der Waals surface area contributed by atoms with Gasteiger partial charge in [0.2, 0.25) is 0 Å². The standard InChI is InChI=1S/C21H23NO3S2/c1-24-14-5-6-18(25-2)16(12-14)17(23)13-22-9-7-19-15(8-11-27-19)21(22)20-4-3-10-26-20/h3-6,8,10-12,17,21,23H,7,9,13H2,1-2H3. The minimum absolute atomic E-state index is 0.200. The summed E-state index contributed by atoms with van der Waals surface area (Å²) in [5, 5.41) is 15.3. The van der Waals surface area contributed by atoms with Gasteiger partial charge in [-0.2, -0.15) is 0 Å². The van der Waals surface area contributed by atoms with Crippen molar-refractivity contribution in [2.75, 3.05) is 27.3 Å². The number of fused-ring (bicyclic) bond motifs is 1. The first-order valence-corrected chi connectivity index (χ1v) is 10.7. The van der Waals surface area contributed by atoms with Gasteiger partial charge in [-0.25, -0.2) is 0 Å². The topological polar surface area (TPSA) is 41.9 Å². The molecule has 4 nitrogen and oxygen atoms in total. The lowest BCUT2D eigenvalue weighted by Gasteiger charge is -2.36. The van der Waals surface area contributed by atoms with Crippen molar-refractivity contribution in [2.24, 2.45) is 0 Å². The number of benzene rings is 1. The van der Waals surface area contributed by atoms with Crippen molar-refractivity contribution in [1.82, 2.24) is 4.90 Å². The minimum Gasteiger partial charge on any atom is -0.497 e. The molecule has 0 radical (unpaired) electrons. The highest BCUT2D eigenvalue weighted by molar-refractivity contribution is 7.10. The van der Waals surface area contributed by atoms with E-state index in [1.165, 1.54) is 15.3 Å². The van der Waals surface area contributed by atoms with Crippen LogP contribution in [0.2, 0.25) is 0 Å². The quantitative estimate of drug-likeness (QED) is 0.660. The SMILES string of the molecule is COc1ccc(OC)c(C(O)CN2CCc3sccc3C2c2cccs2)c1. The fraction of sp³-hybridized carbons (Fsp3) is 0.333. The van der Waals surface area contributed by atoms with Crippen LogP contribution in [0.3, 0.4) is 0 Å². The average molecular weight is 402 g/mol. The van der Waals surface area contributed by atoms with Crippen LogP contribution < -0.4 is 9.47 Å². The first-order valence-electron chi connectivity index (χ1n) is 8.95. The van der Waals surface area contributed by atoms with Crippen molar-refractivity contribution in [1.29, 1.82) is 0 Å². The molecular weight excluding hydrogens is 378 g/mol. The zero-order valence-corrected chi connectivity index (χ0v) is 17.1. The van der Waals surface area contributed by atoms with Crippen molar-refractivity contribution >= 4 is 22.7 Å². The molecule has 1 aliphatic rings. The van der Waals surface area contributed by atoms with E-state index in [4.69, 9.17) is 9.47 Å². The number of β-amino-alcohol motifs (C(OH)–C–C–N with tert-alkyl or cyclic N) is 1.